The van der Waals surface area contributed by atoms with Crippen molar-refractivity contribution in [3.8, 4) is 5.75 Å². The van der Waals surface area contributed by atoms with Crippen LogP contribution in [-0.4, -0.2) is 45.0 Å². The number of carbonyl (C=O) groups excluding carboxylic acids is 1. The molecule has 0 aromatic heterocycles. The van der Waals surface area contributed by atoms with Crippen LogP contribution in [0.3, 0.4) is 0 Å². The summed E-state index contributed by atoms with van der Waals surface area (Å²) in [4.78, 5) is 14.3. The van der Waals surface area contributed by atoms with Crippen molar-refractivity contribution >= 4 is 39.1 Å². The largest absolute Gasteiger partial charge is 0.482 e. The van der Waals surface area contributed by atoms with Crippen molar-refractivity contribution in [2.45, 2.75) is 23.8 Å². The molecule has 0 aliphatic carbocycles. The van der Waals surface area contributed by atoms with E-state index in [1.54, 1.807) is 53.4 Å². The van der Waals surface area contributed by atoms with Gasteiger partial charge < -0.3 is 9.64 Å². The van der Waals surface area contributed by atoms with Gasteiger partial charge in [0.2, 0.25) is 10.0 Å². The zero-order valence-corrected chi connectivity index (χ0v) is 17.3. The van der Waals surface area contributed by atoms with E-state index in [1.165, 1.54) is 0 Å². The predicted octanol–water partition coefficient (Wildman–Crippen LogP) is 3.34. The fourth-order valence-electron chi connectivity index (χ4n) is 2.95. The number of rotatable bonds is 6. The van der Waals surface area contributed by atoms with E-state index >= 15 is 0 Å². The van der Waals surface area contributed by atoms with Crippen molar-refractivity contribution in [1.82, 2.24) is 9.62 Å². The molecule has 0 unspecified atom stereocenters. The lowest BCUT2D eigenvalue weighted by atomic mass is 10.1. The SMILES string of the molecule is O=C(COc1cc(Cl)ccc1Cl)N1CCC(NS(=O)(=O)c2ccccc2)CC1. The third-order valence-corrected chi connectivity index (χ3v) is 6.55. The highest BCUT2D eigenvalue weighted by Gasteiger charge is 2.26. The first-order valence-corrected chi connectivity index (χ1v) is 11.0. The molecule has 1 aliphatic heterocycles. The highest BCUT2D eigenvalue weighted by atomic mass is 35.5. The summed E-state index contributed by atoms with van der Waals surface area (Å²) >= 11 is 11.9. The van der Waals surface area contributed by atoms with Crippen LogP contribution in [0, 0.1) is 0 Å². The number of piperidine rings is 1. The van der Waals surface area contributed by atoms with Crippen LogP contribution in [0.2, 0.25) is 10.0 Å². The zero-order valence-electron chi connectivity index (χ0n) is 15.0. The molecule has 6 nitrogen and oxygen atoms in total. The molecule has 0 atom stereocenters. The van der Waals surface area contributed by atoms with Crippen LogP contribution in [0.4, 0.5) is 0 Å². The second-order valence-electron chi connectivity index (χ2n) is 6.45. The second kappa shape index (κ2) is 9.13. The Hall–Kier alpha value is -1.80. The van der Waals surface area contributed by atoms with E-state index in [1.807, 2.05) is 0 Å². The topological polar surface area (TPSA) is 75.7 Å². The quantitative estimate of drug-likeness (QED) is 0.743. The van der Waals surface area contributed by atoms with Gasteiger partial charge in [-0.3, -0.25) is 4.79 Å². The van der Waals surface area contributed by atoms with E-state index in [0.29, 0.717) is 41.7 Å². The Morgan fingerprint density at radius 2 is 1.79 bits per heavy atom. The third kappa shape index (κ3) is 5.38. The van der Waals surface area contributed by atoms with Crippen LogP contribution in [0.15, 0.2) is 53.4 Å². The third-order valence-electron chi connectivity index (χ3n) is 4.47. The van der Waals surface area contributed by atoms with Crippen LogP contribution in [0.25, 0.3) is 0 Å². The Kier molecular flexibility index (Phi) is 6.82. The molecule has 9 heteroatoms. The highest BCUT2D eigenvalue weighted by Crippen LogP contribution is 2.27. The minimum absolute atomic E-state index is 0.152. The van der Waals surface area contributed by atoms with Crippen molar-refractivity contribution in [1.29, 1.82) is 0 Å². The molecule has 1 aliphatic rings. The molecule has 3 rings (SSSR count). The van der Waals surface area contributed by atoms with Crippen LogP contribution in [0.1, 0.15) is 12.8 Å². The van der Waals surface area contributed by atoms with Gasteiger partial charge in [0.1, 0.15) is 5.75 Å². The molecule has 1 amide bonds. The molecule has 1 N–H and O–H groups in total. The molecule has 0 saturated carbocycles. The Morgan fingerprint density at radius 3 is 2.46 bits per heavy atom. The van der Waals surface area contributed by atoms with E-state index in [4.69, 9.17) is 27.9 Å². The maximum atomic E-state index is 12.4. The van der Waals surface area contributed by atoms with Crippen molar-refractivity contribution < 1.29 is 17.9 Å². The number of sulfonamides is 1. The smallest absolute Gasteiger partial charge is 0.260 e. The minimum atomic E-state index is -3.56. The predicted molar refractivity (Wildman–Crippen MR) is 108 cm³/mol. The summed E-state index contributed by atoms with van der Waals surface area (Å²) in [5, 5.41) is 0.851. The number of nitrogens with one attached hydrogen (secondary N) is 1. The fourth-order valence-corrected chi connectivity index (χ4v) is 4.61. The number of amides is 1. The van der Waals surface area contributed by atoms with Gasteiger partial charge in [0.25, 0.3) is 5.91 Å². The molecule has 2 aromatic carbocycles. The van der Waals surface area contributed by atoms with Gasteiger partial charge in [-0.2, -0.15) is 0 Å². The molecule has 0 bridgehead atoms. The number of likely N-dealkylation sites (tertiary alicyclic amines) is 1. The monoisotopic (exact) mass is 442 g/mol. The van der Waals surface area contributed by atoms with E-state index in [0.717, 1.165) is 0 Å². The zero-order chi connectivity index (χ0) is 20.1. The summed E-state index contributed by atoms with van der Waals surface area (Å²) in [7, 11) is -3.56. The van der Waals surface area contributed by atoms with Gasteiger partial charge in [-0.05, 0) is 37.1 Å². The molecular formula is C19H20Cl2N2O4S. The Morgan fingerprint density at radius 1 is 1.11 bits per heavy atom. The molecule has 1 saturated heterocycles. The number of nitrogens with zero attached hydrogens (tertiary/aromatic N) is 1. The van der Waals surface area contributed by atoms with Crippen LogP contribution >= 0.6 is 23.2 Å². The van der Waals surface area contributed by atoms with E-state index in [-0.39, 0.29) is 23.5 Å². The van der Waals surface area contributed by atoms with E-state index in [2.05, 4.69) is 4.72 Å². The average Bonchev–Trinajstić information content (AvgIpc) is 2.69. The normalized spacial score (nSPS) is 15.4. The van der Waals surface area contributed by atoms with Crippen LogP contribution < -0.4 is 9.46 Å². The van der Waals surface area contributed by atoms with Crippen molar-refractivity contribution in [3.05, 3.63) is 58.6 Å². The van der Waals surface area contributed by atoms with Crippen molar-refractivity contribution in [2.75, 3.05) is 19.7 Å². The minimum Gasteiger partial charge on any atom is -0.482 e. The lowest BCUT2D eigenvalue weighted by Crippen LogP contribution is -2.47. The van der Waals surface area contributed by atoms with Gasteiger partial charge >= 0.3 is 0 Å². The number of hydrogen-bond donors (Lipinski definition) is 1. The number of carbonyl (C=O) groups is 1. The van der Waals surface area contributed by atoms with Gasteiger partial charge in [-0.1, -0.05) is 41.4 Å². The molecule has 28 heavy (non-hydrogen) atoms. The average molecular weight is 443 g/mol. The van der Waals surface area contributed by atoms with Gasteiger partial charge in [-0.15, -0.1) is 0 Å². The summed E-state index contributed by atoms with van der Waals surface area (Å²) in [6, 6.07) is 12.8. The van der Waals surface area contributed by atoms with E-state index < -0.39 is 10.0 Å². The molecule has 0 spiro atoms. The lowest BCUT2D eigenvalue weighted by Gasteiger charge is -2.32. The number of halogens is 2. The van der Waals surface area contributed by atoms with Crippen molar-refractivity contribution in [2.24, 2.45) is 0 Å². The van der Waals surface area contributed by atoms with Crippen LogP contribution in [0.5, 0.6) is 5.75 Å². The first-order chi connectivity index (χ1) is 13.3. The summed E-state index contributed by atoms with van der Waals surface area (Å²) < 4.78 is 33.0. The van der Waals surface area contributed by atoms with Gasteiger partial charge in [0, 0.05) is 30.2 Å². The first kappa shape index (κ1) is 20.9. The van der Waals surface area contributed by atoms with Gasteiger partial charge in [-0.25, -0.2) is 13.1 Å². The van der Waals surface area contributed by atoms with E-state index in [9.17, 15) is 13.2 Å². The first-order valence-electron chi connectivity index (χ1n) is 8.78. The van der Waals surface area contributed by atoms with Crippen LogP contribution in [-0.2, 0) is 14.8 Å². The maximum absolute atomic E-state index is 12.4. The standard InChI is InChI=1S/C19H20Cl2N2O4S/c20-14-6-7-17(21)18(12-14)27-13-19(24)23-10-8-15(9-11-23)22-28(25,26)16-4-2-1-3-5-16/h1-7,12,15,22H,8-11,13H2. The lowest BCUT2D eigenvalue weighted by molar-refractivity contribution is -0.134. The molecule has 1 fully saturated rings. The summed E-state index contributed by atoms with van der Waals surface area (Å²) in [5.41, 5.74) is 0. The number of benzene rings is 2. The summed E-state index contributed by atoms with van der Waals surface area (Å²) in [6.45, 7) is 0.751. The molecular weight excluding hydrogens is 423 g/mol. The number of ether oxygens (including phenoxy) is 1. The van der Waals surface area contributed by atoms with Gasteiger partial charge in [0.15, 0.2) is 6.61 Å². The fraction of sp³-hybridized carbons (Fsp3) is 0.316. The Labute approximate surface area is 174 Å². The maximum Gasteiger partial charge on any atom is 0.260 e. The molecule has 0 radical (unpaired) electrons. The summed E-state index contributed by atoms with van der Waals surface area (Å²) in [6.07, 6.45) is 1.07. The highest BCUT2D eigenvalue weighted by molar-refractivity contribution is 7.89. The molecule has 150 valence electrons. The molecule has 2 aromatic rings. The Balaban J connectivity index is 1.49. The van der Waals surface area contributed by atoms with Gasteiger partial charge in [0.05, 0.1) is 9.92 Å². The summed E-state index contributed by atoms with van der Waals surface area (Å²) in [5.74, 6) is 0.174. The Bertz CT molecular complexity index is 930. The van der Waals surface area contributed by atoms with Crippen molar-refractivity contribution in [3.63, 3.8) is 0 Å². The number of hydrogen-bond acceptors (Lipinski definition) is 4. The second-order valence-corrected chi connectivity index (χ2v) is 9.01. The molecule has 1 heterocycles.